The fourth-order valence-corrected chi connectivity index (χ4v) is 23.2. The van der Waals surface area contributed by atoms with Crippen LogP contribution in [-0.4, -0.2) is 68.6 Å². The molecule has 1 aromatic rings. The Morgan fingerprint density at radius 3 is 1.94 bits per heavy atom. The van der Waals surface area contributed by atoms with Crippen LogP contribution in [0.2, 0.25) is 13.3 Å². The number of unbranched alkanes of at least 4 members (excludes halogenated alkanes) is 3. The number of carbonyl (C=O) groups is 2. The monoisotopic (exact) mass is 607 g/mol. The summed E-state index contributed by atoms with van der Waals surface area (Å²) in [6.07, 6.45) is 10.2. The number of esters is 2. The SMILES string of the molecule is CCC[CH2][Sn]([CH2]CCC)([CH2]CCC)[c]1ccc([C@@]2(C(=O)OC)CC3CCC([C@H]2C(=O)OC)N3C)cc1. The van der Waals surface area contributed by atoms with Gasteiger partial charge in [0.2, 0.25) is 0 Å². The molecule has 36 heavy (non-hydrogen) atoms. The van der Waals surface area contributed by atoms with Crippen molar-refractivity contribution in [2.45, 2.75) is 109 Å². The first-order valence-electron chi connectivity index (χ1n) is 14.3. The van der Waals surface area contributed by atoms with Gasteiger partial charge in [-0.15, -0.1) is 0 Å². The second kappa shape index (κ2) is 13.1. The predicted molar refractivity (Wildman–Crippen MR) is 149 cm³/mol. The van der Waals surface area contributed by atoms with Crippen LogP contribution in [0.15, 0.2) is 24.3 Å². The first-order valence-corrected chi connectivity index (χ1v) is 21.8. The van der Waals surface area contributed by atoms with E-state index in [-0.39, 0.29) is 24.0 Å². The Morgan fingerprint density at radius 1 is 0.917 bits per heavy atom. The van der Waals surface area contributed by atoms with Gasteiger partial charge >= 0.3 is 224 Å². The average Bonchev–Trinajstić information content (AvgIpc) is 3.15. The number of piperidine rings is 1. The summed E-state index contributed by atoms with van der Waals surface area (Å²) in [7, 11) is 4.97. The Morgan fingerprint density at radius 2 is 1.47 bits per heavy atom. The molecule has 2 aliphatic heterocycles. The molecule has 0 aromatic heterocycles. The van der Waals surface area contributed by atoms with Crippen LogP contribution in [0.3, 0.4) is 0 Å². The van der Waals surface area contributed by atoms with Gasteiger partial charge in [-0.2, -0.15) is 0 Å². The summed E-state index contributed by atoms with van der Waals surface area (Å²) in [4.78, 5) is 29.2. The van der Waals surface area contributed by atoms with E-state index < -0.39 is 29.7 Å². The zero-order valence-electron chi connectivity index (χ0n) is 23.6. The molecule has 2 heterocycles. The third-order valence-electron chi connectivity index (χ3n) is 9.41. The zero-order chi connectivity index (χ0) is 26.3. The van der Waals surface area contributed by atoms with Crippen molar-refractivity contribution < 1.29 is 19.1 Å². The van der Waals surface area contributed by atoms with E-state index in [2.05, 4.69) is 57.0 Å². The fourth-order valence-electron chi connectivity index (χ4n) is 7.28. The van der Waals surface area contributed by atoms with Gasteiger partial charge in [0.05, 0.1) is 0 Å². The van der Waals surface area contributed by atoms with Crippen LogP contribution < -0.4 is 3.58 Å². The molecule has 1 aromatic carbocycles. The minimum atomic E-state index is -2.59. The molecule has 3 rings (SSSR count). The number of nitrogens with zero attached hydrogens (tertiary/aromatic N) is 1. The van der Waals surface area contributed by atoms with Crippen molar-refractivity contribution in [2.75, 3.05) is 21.3 Å². The molecule has 2 fully saturated rings. The van der Waals surface area contributed by atoms with E-state index in [4.69, 9.17) is 9.47 Å². The molecule has 0 radical (unpaired) electrons. The second-order valence-corrected chi connectivity index (χ2v) is 24.5. The number of hydrogen-bond donors (Lipinski definition) is 0. The third kappa shape index (κ3) is 5.52. The van der Waals surface area contributed by atoms with Crippen molar-refractivity contribution in [1.82, 2.24) is 4.90 Å². The molecule has 2 unspecified atom stereocenters. The van der Waals surface area contributed by atoms with E-state index in [1.54, 1.807) is 3.58 Å². The number of fused-ring (bicyclic) bond motifs is 2. The minimum absolute atomic E-state index is 0.00750. The summed E-state index contributed by atoms with van der Waals surface area (Å²) in [6.45, 7) is 6.92. The van der Waals surface area contributed by atoms with Crippen molar-refractivity contribution in [1.29, 1.82) is 0 Å². The Hall–Kier alpha value is -1.08. The Bertz CT molecular complexity index is 850. The van der Waals surface area contributed by atoms with Gasteiger partial charge in [0, 0.05) is 0 Å². The van der Waals surface area contributed by atoms with Gasteiger partial charge in [-0.25, -0.2) is 0 Å². The standard InChI is InChI=1S/C18H22NO4.3C4H9.Sn/c1-19-13-9-10-14(19)15(16(20)22-2)18(11-13,17(21)23-3)12-7-5-4-6-8-12;3*1-3-4-2;/h5-8,13-15H,9-11H2,1-3H3;3*1,3-4H2,2H3;/t13?,14?,15-,18-;;;;/m0..../s1. The van der Waals surface area contributed by atoms with Gasteiger partial charge in [-0.1, -0.05) is 0 Å². The Kier molecular flexibility index (Phi) is 10.7. The Labute approximate surface area is 223 Å². The molecular weight excluding hydrogens is 557 g/mol. The van der Waals surface area contributed by atoms with Crippen molar-refractivity contribution in [2.24, 2.45) is 5.92 Å². The summed E-state index contributed by atoms with van der Waals surface area (Å²) in [5.74, 6) is -1.16. The maximum atomic E-state index is 13.6. The van der Waals surface area contributed by atoms with Crippen LogP contribution in [0, 0.1) is 5.92 Å². The number of rotatable bonds is 13. The van der Waals surface area contributed by atoms with Gasteiger partial charge in [-0.05, 0) is 0 Å². The first-order chi connectivity index (χ1) is 17.3. The number of ether oxygens (including phenoxy) is 2. The number of benzene rings is 1. The van der Waals surface area contributed by atoms with Gasteiger partial charge in [-0.3, -0.25) is 0 Å². The molecule has 0 aliphatic carbocycles. The van der Waals surface area contributed by atoms with Crippen LogP contribution >= 0.6 is 0 Å². The Balaban J connectivity index is 2.09. The average molecular weight is 606 g/mol. The van der Waals surface area contributed by atoms with Gasteiger partial charge < -0.3 is 0 Å². The van der Waals surface area contributed by atoms with E-state index in [9.17, 15) is 9.59 Å². The van der Waals surface area contributed by atoms with E-state index in [0.29, 0.717) is 6.42 Å². The van der Waals surface area contributed by atoms with E-state index in [1.165, 1.54) is 66.1 Å². The number of hydrogen-bond acceptors (Lipinski definition) is 5. The van der Waals surface area contributed by atoms with Crippen molar-refractivity contribution in [3.63, 3.8) is 0 Å². The summed E-state index contributed by atoms with van der Waals surface area (Å²) in [5, 5.41) is 0. The zero-order valence-corrected chi connectivity index (χ0v) is 26.5. The molecule has 4 atom stereocenters. The molecule has 0 N–H and O–H groups in total. The van der Waals surface area contributed by atoms with Crippen LogP contribution in [0.25, 0.3) is 0 Å². The molecule has 2 aliphatic rings. The van der Waals surface area contributed by atoms with Crippen molar-refractivity contribution >= 4 is 33.9 Å². The third-order valence-corrected chi connectivity index (χ3v) is 25.1. The predicted octanol–water partition coefficient (Wildman–Crippen LogP) is 5.81. The molecule has 0 spiro atoms. The maximum absolute atomic E-state index is 13.6. The number of methoxy groups -OCH3 is 2. The molecule has 2 saturated heterocycles. The van der Waals surface area contributed by atoms with Crippen LogP contribution in [0.1, 0.15) is 84.1 Å². The summed E-state index contributed by atoms with van der Waals surface area (Å²) in [5.41, 5.74) is -0.0622. The molecular formula is C30H49NO4Sn. The first kappa shape index (κ1) is 29.5. The van der Waals surface area contributed by atoms with E-state index in [1.807, 2.05) is 0 Å². The quantitative estimate of drug-likeness (QED) is 0.210. The molecule has 2 bridgehead atoms. The fraction of sp³-hybridized carbons (Fsp3) is 0.733. The van der Waals surface area contributed by atoms with E-state index >= 15 is 0 Å². The van der Waals surface area contributed by atoms with Crippen LogP contribution in [0.4, 0.5) is 0 Å². The summed E-state index contributed by atoms with van der Waals surface area (Å²) in [6, 6.07) is 9.33. The van der Waals surface area contributed by atoms with Crippen LogP contribution in [0.5, 0.6) is 0 Å². The van der Waals surface area contributed by atoms with Crippen molar-refractivity contribution in [3.05, 3.63) is 29.8 Å². The second-order valence-electron chi connectivity index (χ2n) is 11.3. The van der Waals surface area contributed by atoms with E-state index in [0.717, 1.165) is 18.4 Å². The van der Waals surface area contributed by atoms with Gasteiger partial charge in [0.1, 0.15) is 0 Å². The molecule has 6 heteroatoms. The van der Waals surface area contributed by atoms with Gasteiger partial charge in [0.15, 0.2) is 0 Å². The molecule has 5 nitrogen and oxygen atoms in total. The summed E-state index contributed by atoms with van der Waals surface area (Å²) < 4.78 is 16.6. The topological polar surface area (TPSA) is 55.8 Å². The molecule has 0 saturated carbocycles. The van der Waals surface area contributed by atoms with Gasteiger partial charge in [0.25, 0.3) is 0 Å². The molecule has 202 valence electrons. The molecule has 0 amide bonds. The number of carbonyl (C=O) groups excluding carboxylic acids is 2. The summed E-state index contributed by atoms with van der Waals surface area (Å²) >= 11 is -2.59. The normalized spacial score (nSPS) is 26.1. The van der Waals surface area contributed by atoms with Crippen LogP contribution in [-0.2, 0) is 24.5 Å². The van der Waals surface area contributed by atoms with Crippen molar-refractivity contribution in [3.8, 4) is 0 Å².